The van der Waals surface area contributed by atoms with Crippen LogP contribution in [0.4, 0.5) is 0 Å². The van der Waals surface area contributed by atoms with Crippen LogP contribution < -0.4 is 0 Å². The van der Waals surface area contributed by atoms with Crippen molar-refractivity contribution in [3.05, 3.63) is 29.8 Å². The number of rotatable bonds is 2. The molecule has 3 unspecified atom stereocenters. The van der Waals surface area contributed by atoms with E-state index in [0.717, 1.165) is 22.6 Å². The van der Waals surface area contributed by atoms with Crippen molar-refractivity contribution in [2.24, 2.45) is 5.92 Å². The molecule has 0 bridgehead atoms. The summed E-state index contributed by atoms with van der Waals surface area (Å²) in [5.41, 5.74) is 1.05. The lowest BCUT2D eigenvalue weighted by atomic mass is 9.98. The van der Waals surface area contributed by atoms with Gasteiger partial charge in [-0.05, 0) is 24.0 Å². The van der Waals surface area contributed by atoms with Crippen LogP contribution in [0.2, 0.25) is 0 Å². The SMILES string of the molecule is CC1CCN(C(=O)C2CSc3ccccc32)C1C(=O)O. The molecular weight excluding hydrogens is 274 g/mol. The topological polar surface area (TPSA) is 57.6 Å². The monoisotopic (exact) mass is 291 g/mol. The van der Waals surface area contributed by atoms with Gasteiger partial charge in [-0.3, -0.25) is 4.79 Å². The highest BCUT2D eigenvalue weighted by Crippen LogP contribution is 2.41. The average Bonchev–Trinajstić information content (AvgIpc) is 3.01. The summed E-state index contributed by atoms with van der Waals surface area (Å²) < 4.78 is 0. The molecule has 5 heteroatoms. The Morgan fingerprint density at radius 3 is 2.85 bits per heavy atom. The molecule has 1 amide bonds. The van der Waals surface area contributed by atoms with Crippen LogP contribution in [-0.4, -0.2) is 40.2 Å². The smallest absolute Gasteiger partial charge is 0.326 e. The molecular formula is C15H17NO3S. The van der Waals surface area contributed by atoms with Gasteiger partial charge in [0.15, 0.2) is 0 Å². The molecule has 0 spiro atoms. The molecule has 2 heterocycles. The third-order valence-corrected chi connectivity index (χ3v) is 5.42. The van der Waals surface area contributed by atoms with Crippen molar-refractivity contribution in [1.29, 1.82) is 0 Å². The highest BCUT2D eigenvalue weighted by molar-refractivity contribution is 7.99. The fourth-order valence-electron chi connectivity index (χ4n) is 3.14. The van der Waals surface area contributed by atoms with Gasteiger partial charge in [0.1, 0.15) is 6.04 Å². The molecule has 1 aromatic rings. The lowest BCUT2D eigenvalue weighted by Gasteiger charge is -2.26. The Labute approximate surface area is 122 Å². The number of carboxylic acids is 1. The Morgan fingerprint density at radius 2 is 2.10 bits per heavy atom. The highest BCUT2D eigenvalue weighted by atomic mass is 32.2. The zero-order chi connectivity index (χ0) is 14.3. The van der Waals surface area contributed by atoms with Crippen LogP contribution >= 0.6 is 11.8 Å². The first-order valence-electron chi connectivity index (χ1n) is 6.84. The van der Waals surface area contributed by atoms with Gasteiger partial charge in [0.25, 0.3) is 0 Å². The normalized spacial score (nSPS) is 28.4. The number of carboxylic acid groups (broad SMARTS) is 1. The summed E-state index contributed by atoms with van der Waals surface area (Å²) >= 11 is 1.68. The molecule has 3 rings (SSSR count). The third-order valence-electron chi connectivity index (χ3n) is 4.23. The van der Waals surface area contributed by atoms with Gasteiger partial charge in [-0.15, -0.1) is 11.8 Å². The summed E-state index contributed by atoms with van der Waals surface area (Å²) in [6, 6.07) is 7.24. The number of aliphatic carboxylic acids is 1. The maximum atomic E-state index is 12.7. The van der Waals surface area contributed by atoms with Crippen LogP contribution in [-0.2, 0) is 9.59 Å². The second kappa shape index (κ2) is 5.13. The van der Waals surface area contributed by atoms with Crippen molar-refractivity contribution in [2.45, 2.75) is 30.2 Å². The zero-order valence-corrected chi connectivity index (χ0v) is 12.1. The summed E-state index contributed by atoms with van der Waals surface area (Å²) in [4.78, 5) is 26.8. The molecule has 1 aromatic carbocycles. The van der Waals surface area contributed by atoms with Gasteiger partial charge in [-0.1, -0.05) is 25.1 Å². The first-order chi connectivity index (χ1) is 9.59. The molecule has 20 heavy (non-hydrogen) atoms. The number of hydrogen-bond donors (Lipinski definition) is 1. The minimum atomic E-state index is -0.887. The number of amides is 1. The molecule has 106 valence electrons. The second-order valence-electron chi connectivity index (χ2n) is 5.48. The Balaban J connectivity index is 1.85. The first-order valence-corrected chi connectivity index (χ1v) is 7.83. The van der Waals surface area contributed by atoms with Gasteiger partial charge < -0.3 is 10.0 Å². The van der Waals surface area contributed by atoms with Crippen molar-refractivity contribution in [1.82, 2.24) is 4.90 Å². The van der Waals surface area contributed by atoms with E-state index in [4.69, 9.17) is 0 Å². The standard InChI is InChI=1S/C15H17NO3S/c1-9-6-7-16(13(9)15(18)19)14(17)11-8-20-12-5-3-2-4-10(11)12/h2-5,9,11,13H,6-8H2,1H3,(H,18,19). The number of carbonyl (C=O) groups is 2. The fraction of sp³-hybridized carbons (Fsp3) is 0.467. The van der Waals surface area contributed by atoms with E-state index in [1.165, 1.54) is 0 Å². The maximum absolute atomic E-state index is 12.7. The van der Waals surface area contributed by atoms with Crippen LogP contribution in [0.15, 0.2) is 29.2 Å². The van der Waals surface area contributed by atoms with Gasteiger partial charge in [-0.25, -0.2) is 4.79 Å². The molecule has 0 radical (unpaired) electrons. The van der Waals surface area contributed by atoms with Crippen molar-refractivity contribution in [2.75, 3.05) is 12.3 Å². The Morgan fingerprint density at radius 1 is 1.35 bits per heavy atom. The molecule has 0 aliphatic carbocycles. The third kappa shape index (κ3) is 2.10. The number of benzene rings is 1. The predicted octanol–water partition coefficient (Wildman–Crippen LogP) is 2.20. The van der Waals surface area contributed by atoms with E-state index in [1.54, 1.807) is 16.7 Å². The second-order valence-corrected chi connectivity index (χ2v) is 6.54. The van der Waals surface area contributed by atoms with Crippen molar-refractivity contribution < 1.29 is 14.7 Å². The van der Waals surface area contributed by atoms with Crippen LogP contribution in [0.1, 0.15) is 24.8 Å². The lowest BCUT2D eigenvalue weighted by molar-refractivity contribution is -0.149. The molecule has 1 N–H and O–H groups in total. The van der Waals surface area contributed by atoms with Crippen molar-refractivity contribution in [3.63, 3.8) is 0 Å². The Bertz CT molecular complexity index is 560. The van der Waals surface area contributed by atoms with E-state index in [1.807, 2.05) is 31.2 Å². The molecule has 1 fully saturated rings. The van der Waals surface area contributed by atoms with E-state index in [2.05, 4.69) is 0 Å². The van der Waals surface area contributed by atoms with Gasteiger partial charge in [0.05, 0.1) is 5.92 Å². The molecule has 2 aliphatic heterocycles. The molecule has 0 aromatic heterocycles. The molecule has 3 atom stereocenters. The van der Waals surface area contributed by atoms with Crippen molar-refractivity contribution in [3.8, 4) is 0 Å². The summed E-state index contributed by atoms with van der Waals surface area (Å²) in [5, 5.41) is 9.34. The quantitative estimate of drug-likeness (QED) is 0.907. The van der Waals surface area contributed by atoms with E-state index in [0.29, 0.717) is 6.54 Å². The zero-order valence-electron chi connectivity index (χ0n) is 11.3. The van der Waals surface area contributed by atoms with Crippen LogP contribution in [0.5, 0.6) is 0 Å². The van der Waals surface area contributed by atoms with Crippen molar-refractivity contribution >= 4 is 23.6 Å². The minimum absolute atomic E-state index is 0.0285. The van der Waals surface area contributed by atoms with Gasteiger partial charge in [0.2, 0.25) is 5.91 Å². The minimum Gasteiger partial charge on any atom is -0.480 e. The van der Waals surface area contributed by atoms with Crippen LogP contribution in [0.3, 0.4) is 0 Å². The van der Waals surface area contributed by atoms with E-state index in [9.17, 15) is 14.7 Å². The summed E-state index contributed by atoms with van der Waals surface area (Å²) in [5.74, 6) is -0.361. The van der Waals surface area contributed by atoms with Gasteiger partial charge in [-0.2, -0.15) is 0 Å². The summed E-state index contributed by atoms with van der Waals surface area (Å²) in [6.45, 7) is 2.46. The molecule has 4 nitrogen and oxygen atoms in total. The highest BCUT2D eigenvalue weighted by Gasteiger charge is 2.43. The number of carbonyl (C=O) groups excluding carboxylic acids is 1. The fourth-order valence-corrected chi connectivity index (χ4v) is 4.36. The lowest BCUT2D eigenvalue weighted by Crippen LogP contribution is -2.44. The predicted molar refractivity (Wildman–Crippen MR) is 76.8 cm³/mol. The number of nitrogens with zero attached hydrogens (tertiary/aromatic N) is 1. The Hall–Kier alpha value is -1.49. The van der Waals surface area contributed by atoms with E-state index >= 15 is 0 Å². The number of fused-ring (bicyclic) bond motifs is 1. The van der Waals surface area contributed by atoms with Crippen LogP contribution in [0.25, 0.3) is 0 Å². The molecule has 2 aliphatic rings. The molecule has 0 saturated carbocycles. The van der Waals surface area contributed by atoms with E-state index in [-0.39, 0.29) is 17.7 Å². The maximum Gasteiger partial charge on any atom is 0.326 e. The largest absolute Gasteiger partial charge is 0.480 e. The molecule has 1 saturated heterocycles. The number of thioether (sulfide) groups is 1. The Kier molecular flexibility index (Phi) is 3.46. The average molecular weight is 291 g/mol. The summed E-state index contributed by atoms with van der Waals surface area (Å²) in [6.07, 6.45) is 0.768. The van der Waals surface area contributed by atoms with Gasteiger partial charge >= 0.3 is 5.97 Å². The number of hydrogen-bond acceptors (Lipinski definition) is 3. The summed E-state index contributed by atoms with van der Waals surface area (Å²) in [7, 11) is 0. The number of likely N-dealkylation sites (tertiary alicyclic amines) is 1. The van der Waals surface area contributed by atoms with Gasteiger partial charge in [0, 0.05) is 17.2 Å². The van der Waals surface area contributed by atoms with E-state index < -0.39 is 12.0 Å². The van der Waals surface area contributed by atoms with Crippen LogP contribution in [0, 0.1) is 5.92 Å². The first kappa shape index (κ1) is 13.5.